The second kappa shape index (κ2) is 4.67. The number of carbonyl (C=O) groups is 1. The smallest absolute Gasteiger partial charge is 0.265 e. The Kier molecular flexibility index (Phi) is 3.44. The molecule has 0 radical (unpaired) electrons. The number of aryl methyl sites for hydroxylation is 1. The molecule has 16 heavy (non-hydrogen) atoms. The van der Waals surface area contributed by atoms with Crippen molar-refractivity contribution in [3.05, 3.63) is 10.6 Å². The number of nitrogens with one attached hydrogen (secondary N) is 1. The molecule has 1 fully saturated rings. The standard InChI is InChI=1S/C10H14ClN3OS/c1-2-3-7-8(16-14-13-7)9(15)12-10(6-11)4-5-10/h2-6H2,1H3,(H,12,15). The monoisotopic (exact) mass is 259 g/mol. The van der Waals surface area contributed by atoms with E-state index in [1.807, 2.05) is 0 Å². The summed E-state index contributed by atoms with van der Waals surface area (Å²) in [6, 6.07) is 0. The SMILES string of the molecule is CCCc1nnsc1C(=O)NC1(CCl)CC1. The predicted octanol–water partition coefficient (Wildman–Crippen LogP) is 1.99. The molecular weight excluding hydrogens is 246 g/mol. The number of alkyl halides is 1. The molecule has 1 amide bonds. The number of aromatic nitrogens is 2. The minimum atomic E-state index is -0.161. The van der Waals surface area contributed by atoms with Gasteiger partial charge in [-0.2, -0.15) is 0 Å². The van der Waals surface area contributed by atoms with Crippen molar-refractivity contribution in [3.8, 4) is 0 Å². The topological polar surface area (TPSA) is 54.9 Å². The van der Waals surface area contributed by atoms with Gasteiger partial charge in [-0.15, -0.1) is 16.7 Å². The van der Waals surface area contributed by atoms with Crippen molar-refractivity contribution in [2.75, 3.05) is 5.88 Å². The first-order valence-corrected chi connectivity index (χ1v) is 6.71. The lowest BCUT2D eigenvalue weighted by molar-refractivity contribution is 0.0939. The second-order valence-electron chi connectivity index (χ2n) is 4.17. The highest BCUT2D eigenvalue weighted by Crippen LogP contribution is 2.36. The van der Waals surface area contributed by atoms with Crippen LogP contribution in [0.15, 0.2) is 0 Å². The molecule has 1 heterocycles. The van der Waals surface area contributed by atoms with Crippen LogP contribution < -0.4 is 5.32 Å². The first-order valence-electron chi connectivity index (χ1n) is 5.40. The number of rotatable bonds is 5. The van der Waals surface area contributed by atoms with E-state index in [9.17, 15) is 4.79 Å². The van der Waals surface area contributed by atoms with Crippen molar-refractivity contribution < 1.29 is 4.79 Å². The van der Waals surface area contributed by atoms with Gasteiger partial charge in [0.25, 0.3) is 5.91 Å². The average Bonchev–Trinajstić information content (AvgIpc) is 2.88. The number of hydrogen-bond acceptors (Lipinski definition) is 4. The van der Waals surface area contributed by atoms with E-state index in [-0.39, 0.29) is 11.4 Å². The maximum absolute atomic E-state index is 12.0. The highest BCUT2D eigenvalue weighted by Gasteiger charge is 2.43. The van der Waals surface area contributed by atoms with Gasteiger partial charge >= 0.3 is 0 Å². The van der Waals surface area contributed by atoms with Crippen LogP contribution in [0, 0.1) is 0 Å². The maximum atomic E-state index is 12.0. The van der Waals surface area contributed by atoms with Crippen LogP contribution in [0.4, 0.5) is 0 Å². The minimum absolute atomic E-state index is 0.0726. The Morgan fingerprint density at radius 3 is 2.94 bits per heavy atom. The summed E-state index contributed by atoms with van der Waals surface area (Å²) in [5, 5.41) is 6.96. The lowest BCUT2D eigenvalue weighted by Crippen LogP contribution is -2.38. The zero-order valence-corrected chi connectivity index (χ0v) is 10.7. The highest BCUT2D eigenvalue weighted by molar-refractivity contribution is 7.08. The molecule has 0 saturated heterocycles. The first kappa shape index (κ1) is 11.8. The number of hydrogen-bond donors (Lipinski definition) is 1. The van der Waals surface area contributed by atoms with Crippen molar-refractivity contribution in [3.63, 3.8) is 0 Å². The number of amides is 1. The normalized spacial score (nSPS) is 17.1. The first-order chi connectivity index (χ1) is 7.71. The summed E-state index contributed by atoms with van der Waals surface area (Å²) in [7, 11) is 0. The van der Waals surface area contributed by atoms with Crippen molar-refractivity contribution in [1.82, 2.24) is 14.9 Å². The molecule has 1 aliphatic carbocycles. The Labute approximate surface area is 104 Å². The van der Waals surface area contributed by atoms with E-state index in [1.165, 1.54) is 0 Å². The minimum Gasteiger partial charge on any atom is -0.345 e. The van der Waals surface area contributed by atoms with Crippen LogP contribution in [0.3, 0.4) is 0 Å². The van der Waals surface area contributed by atoms with Crippen LogP contribution in [0.2, 0.25) is 0 Å². The number of halogens is 1. The van der Waals surface area contributed by atoms with Gasteiger partial charge in [-0.1, -0.05) is 17.8 Å². The Balaban J connectivity index is 2.05. The van der Waals surface area contributed by atoms with Crippen LogP contribution in [0.25, 0.3) is 0 Å². The zero-order chi connectivity index (χ0) is 11.6. The third-order valence-corrected chi connectivity index (χ3v) is 4.02. The van der Waals surface area contributed by atoms with E-state index < -0.39 is 0 Å². The molecule has 1 N–H and O–H groups in total. The quantitative estimate of drug-likeness (QED) is 0.823. The Bertz CT molecular complexity index is 389. The molecule has 0 atom stereocenters. The molecule has 4 nitrogen and oxygen atoms in total. The molecule has 1 saturated carbocycles. The average molecular weight is 260 g/mol. The Morgan fingerprint density at radius 1 is 1.62 bits per heavy atom. The van der Waals surface area contributed by atoms with Gasteiger partial charge in [0.2, 0.25) is 0 Å². The molecule has 0 aliphatic heterocycles. The van der Waals surface area contributed by atoms with Crippen LogP contribution in [-0.4, -0.2) is 26.9 Å². The van der Waals surface area contributed by atoms with E-state index in [2.05, 4.69) is 21.8 Å². The zero-order valence-electron chi connectivity index (χ0n) is 9.12. The Hall–Kier alpha value is -0.680. The third kappa shape index (κ3) is 2.35. The lowest BCUT2D eigenvalue weighted by atomic mass is 10.2. The van der Waals surface area contributed by atoms with Crippen molar-refractivity contribution >= 4 is 29.0 Å². The van der Waals surface area contributed by atoms with Gasteiger partial charge in [0, 0.05) is 5.88 Å². The lowest BCUT2D eigenvalue weighted by Gasteiger charge is -2.12. The molecule has 6 heteroatoms. The van der Waals surface area contributed by atoms with Crippen molar-refractivity contribution in [1.29, 1.82) is 0 Å². The summed E-state index contributed by atoms with van der Waals surface area (Å²) >= 11 is 6.98. The van der Waals surface area contributed by atoms with Crippen molar-refractivity contribution in [2.24, 2.45) is 0 Å². The van der Waals surface area contributed by atoms with Crippen LogP contribution in [-0.2, 0) is 6.42 Å². The van der Waals surface area contributed by atoms with Crippen LogP contribution >= 0.6 is 23.1 Å². The maximum Gasteiger partial charge on any atom is 0.265 e. The molecule has 88 valence electrons. The van der Waals surface area contributed by atoms with Gasteiger partial charge in [-0.25, -0.2) is 0 Å². The van der Waals surface area contributed by atoms with E-state index >= 15 is 0 Å². The highest BCUT2D eigenvalue weighted by atomic mass is 35.5. The number of carbonyl (C=O) groups excluding carboxylic acids is 1. The van der Waals surface area contributed by atoms with Gasteiger partial charge < -0.3 is 5.32 Å². The molecular formula is C10H14ClN3OS. The predicted molar refractivity (Wildman–Crippen MR) is 64.1 cm³/mol. The molecule has 1 aromatic rings. The van der Waals surface area contributed by atoms with Crippen LogP contribution in [0.1, 0.15) is 41.6 Å². The van der Waals surface area contributed by atoms with Gasteiger partial charge in [-0.3, -0.25) is 4.79 Å². The fourth-order valence-electron chi connectivity index (χ4n) is 1.52. The summed E-state index contributed by atoms with van der Waals surface area (Å²) in [6.07, 6.45) is 3.70. The molecule has 0 aromatic carbocycles. The molecule has 0 spiro atoms. The fourth-order valence-corrected chi connectivity index (χ4v) is 2.46. The van der Waals surface area contributed by atoms with Gasteiger partial charge in [0.1, 0.15) is 4.88 Å². The van der Waals surface area contributed by atoms with Gasteiger partial charge in [0.05, 0.1) is 11.2 Å². The van der Waals surface area contributed by atoms with E-state index in [0.717, 1.165) is 42.9 Å². The van der Waals surface area contributed by atoms with E-state index in [4.69, 9.17) is 11.6 Å². The largest absolute Gasteiger partial charge is 0.345 e. The third-order valence-electron chi connectivity index (χ3n) is 2.74. The summed E-state index contributed by atoms with van der Waals surface area (Å²) in [6.45, 7) is 2.06. The molecule has 2 rings (SSSR count). The van der Waals surface area contributed by atoms with Crippen LogP contribution in [0.5, 0.6) is 0 Å². The molecule has 0 unspecified atom stereocenters. The second-order valence-corrected chi connectivity index (χ2v) is 5.19. The van der Waals surface area contributed by atoms with Gasteiger partial charge in [0.15, 0.2) is 0 Å². The van der Waals surface area contributed by atoms with Gasteiger partial charge in [-0.05, 0) is 30.8 Å². The molecule has 1 aromatic heterocycles. The fraction of sp³-hybridized carbons (Fsp3) is 0.700. The number of nitrogens with zero attached hydrogens (tertiary/aromatic N) is 2. The summed E-state index contributed by atoms with van der Waals surface area (Å²) in [4.78, 5) is 12.6. The Morgan fingerprint density at radius 2 is 2.38 bits per heavy atom. The summed E-state index contributed by atoms with van der Waals surface area (Å²) in [5.41, 5.74) is 0.641. The summed E-state index contributed by atoms with van der Waals surface area (Å²) < 4.78 is 3.84. The molecule has 1 aliphatic rings. The van der Waals surface area contributed by atoms with E-state index in [1.54, 1.807) is 0 Å². The van der Waals surface area contributed by atoms with Crippen molar-refractivity contribution in [2.45, 2.75) is 38.1 Å². The molecule has 0 bridgehead atoms. The van der Waals surface area contributed by atoms with E-state index in [0.29, 0.717) is 10.8 Å². The summed E-state index contributed by atoms with van der Waals surface area (Å²) in [5.74, 6) is 0.408.